The standard InChI is InChI=1S/C41H44N2O2/c1-3-15-37-32(12-1)41(33-13-2-4-16-38(33)45-40-25-30(18-20-35(40)41)36-14-5-6-22-43-36)34-19-17-29(24-39(34)44-37)27-9-7-10-28(23-27)31-11-8-21-42-26-31/h2-7,10-11,13-15,17-20,23-24,27,30,32,34,37-39,42-43H,1,8-9,12,16,21-22,25-26H2. The third-order valence-corrected chi connectivity index (χ3v) is 11.6. The summed E-state index contributed by atoms with van der Waals surface area (Å²) in [5, 5.41) is 7.17. The Labute approximate surface area is 267 Å². The van der Waals surface area contributed by atoms with Crippen LogP contribution in [0.1, 0.15) is 38.5 Å². The molecule has 4 aliphatic heterocycles. The fourth-order valence-electron chi connectivity index (χ4n) is 9.65. The summed E-state index contributed by atoms with van der Waals surface area (Å²) in [5.74, 6) is 2.50. The number of nitrogens with one attached hydrogen (secondary N) is 2. The smallest absolute Gasteiger partial charge is 0.124 e. The zero-order chi connectivity index (χ0) is 29.8. The first-order valence-corrected chi connectivity index (χ1v) is 17.4. The Balaban J connectivity index is 1.13. The highest BCUT2D eigenvalue weighted by Gasteiger charge is 2.62. The van der Waals surface area contributed by atoms with Crippen LogP contribution in [0.5, 0.6) is 0 Å². The first kappa shape index (κ1) is 27.7. The summed E-state index contributed by atoms with van der Waals surface area (Å²) in [4.78, 5) is 0. The summed E-state index contributed by atoms with van der Waals surface area (Å²) >= 11 is 0. The van der Waals surface area contributed by atoms with E-state index in [9.17, 15) is 0 Å². The minimum absolute atomic E-state index is 0.0191. The van der Waals surface area contributed by atoms with Crippen molar-refractivity contribution in [3.05, 3.63) is 143 Å². The zero-order valence-corrected chi connectivity index (χ0v) is 26.0. The molecule has 45 heavy (non-hydrogen) atoms. The van der Waals surface area contributed by atoms with Gasteiger partial charge < -0.3 is 20.1 Å². The molecule has 0 radical (unpaired) electrons. The number of allylic oxidation sites excluding steroid dienone is 14. The second-order valence-electron chi connectivity index (χ2n) is 14.0. The Morgan fingerprint density at radius 3 is 2.73 bits per heavy atom. The summed E-state index contributed by atoms with van der Waals surface area (Å²) < 4.78 is 14.1. The number of ether oxygens (including phenoxy) is 2. The molecule has 5 aliphatic carbocycles. The molecule has 4 heteroatoms. The Morgan fingerprint density at radius 1 is 0.844 bits per heavy atom. The second kappa shape index (κ2) is 11.3. The summed E-state index contributed by atoms with van der Waals surface area (Å²) in [5.41, 5.74) is 8.24. The van der Waals surface area contributed by atoms with Gasteiger partial charge in [0.1, 0.15) is 11.9 Å². The first-order valence-electron chi connectivity index (χ1n) is 17.4. The summed E-state index contributed by atoms with van der Waals surface area (Å²) in [6, 6.07) is 0. The summed E-state index contributed by atoms with van der Waals surface area (Å²) in [7, 11) is 0. The fraction of sp³-hybridized carbons (Fsp3) is 0.415. The Hall–Kier alpha value is -3.60. The van der Waals surface area contributed by atoms with Crippen LogP contribution in [0.15, 0.2) is 143 Å². The van der Waals surface area contributed by atoms with Crippen molar-refractivity contribution >= 4 is 0 Å². The van der Waals surface area contributed by atoms with Crippen molar-refractivity contribution in [2.45, 2.75) is 56.8 Å². The Bertz CT molecular complexity index is 1640. The quantitative estimate of drug-likeness (QED) is 0.333. The van der Waals surface area contributed by atoms with Crippen LogP contribution in [0.2, 0.25) is 0 Å². The highest BCUT2D eigenvalue weighted by atomic mass is 16.5. The molecular weight excluding hydrogens is 552 g/mol. The maximum atomic E-state index is 7.13. The molecule has 0 amide bonds. The molecule has 8 atom stereocenters. The van der Waals surface area contributed by atoms with E-state index >= 15 is 0 Å². The Morgan fingerprint density at radius 2 is 1.82 bits per heavy atom. The van der Waals surface area contributed by atoms with Crippen molar-refractivity contribution < 1.29 is 9.47 Å². The van der Waals surface area contributed by atoms with Gasteiger partial charge in [0.25, 0.3) is 0 Å². The lowest BCUT2D eigenvalue weighted by Gasteiger charge is -2.61. The van der Waals surface area contributed by atoms with Crippen molar-refractivity contribution in [2.24, 2.45) is 29.1 Å². The number of fused-ring (bicyclic) bond motifs is 7. The maximum Gasteiger partial charge on any atom is 0.124 e. The third kappa shape index (κ3) is 4.55. The van der Waals surface area contributed by atoms with E-state index in [1.165, 1.54) is 39.3 Å². The van der Waals surface area contributed by atoms with Gasteiger partial charge in [0.05, 0.1) is 12.2 Å². The van der Waals surface area contributed by atoms with E-state index in [1.807, 2.05) is 0 Å². The van der Waals surface area contributed by atoms with Crippen molar-refractivity contribution in [3.8, 4) is 0 Å². The molecule has 0 bridgehead atoms. The van der Waals surface area contributed by atoms with Crippen molar-refractivity contribution in [1.29, 1.82) is 0 Å². The lowest BCUT2D eigenvalue weighted by Crippen LogP contribution is -2.60. The molecule has 4 heterocycles. The van der Waals surface area contributed by atoms with E-state index in [-0.39, 0.29) is 29.6 Å². The Kier molecular flexibility index (Phi) is 6.97. The fourth-order valence-corrected chi connectivity index (χ4v) is 9.65. The molecule has 4 nitrogen and oxygen atoms in total. The molecule has 1 saturated heterocycles. The normalized spacial score (nSPS) is 39.3. The van der Waals surface area contributed by atoms with Crippen molar-refractivity contribution in [1.82, 2.24) is 10.6 Å². The largest absolute Gasteiger partial charge is 0.490 e. The highest BCUT2D eigenvalue weighted by Crippen LogP contribution is 2.64. The number of hydrogen-bond acceptors (Lipinski definition) is 4. The molecule has 2 N–H and O–H groups in total. The van der Waals surface area contributed by atoms with Crippen molar-refractivity contribution in [3.63, 3.8) is 0 Å². The minimum atomic E-state index is -0.151. The summed E-state index contributed by atoms with van der Waals surface area (Å²) in [6.07, 6.45) is 46.8. The predicted molar refractivity (Wildman–Crippen MR) is 181 cm³/mol. The van der Waals surface area contributed by atoms with Crippen LogP contribution in [-0.4, -0.2) is 37.9 Å². The molecule has 9 rings (SSSR count). The van der Waals surface area contributed by atoms with Crippen LogP contribution < -0.4 is 10.6 Å². The van der Waals surface area contributed by atoms with Crippen LogP contribution in [0.25, 0.3) is 0 Å². The molecule has 0 aromatic carbocycles. The molecule has 1 spiro atoms. The van der Waals surface area contributed by atoms with E-state index in [2.05, 4.69) is 114 Å². The number of dihydropyridines is 1. The van der Waals surface area contributed by atoms with Crippen LogP contribution in [-0.2, 0) is 9.47 Å². The van der Waals surface area contributed by atoms with E-state index in [1.54, 1.807) is 0 Å². The SMILES string of the molecule is C1=CCNC(C2C=CC3=C(C2)OC2CC=CC=C2C32C3C=CC(C4C=C(C5=CCCNC5)C=CC4)=CC3OC3C=CCCC32)=C1. The van der Waals surface area contributed by atoms with Gasteiger partial charge >= 0.3 is 0 Å². The lowest BCUT2D eigenvalue weighted by molar-refractivity contribution is -0.129. The molecular formula is C41H44N2O2. The van der Waals surface area contributed by atoms with E-state index < -0.39 is 0 Å². The molecule has 8 unspecified atom stereocenters. The molecule has 230 valence electrons. The average molecular weight is 597 g/mol. The van der Waals surface area contributed by atoms with Crippen LogP contribution in [0.4, 0.5) is 0 Å². The molecule has 0 aromatic rings. The van der Waals surface area contributed by atoms with E-state index in [4.69, 9.17) is 9.47 Å². The monoisotopic (exact) mass is 596 g/mol. The van der Waals surface area contributed by atoms with Gasteiger partial charge in [-0.15, -0.1) is 0 Å². The van der Waals surface area contributed by atoms with Crippen LogP contribution >= 0.6 is 0 Å². The topological polar surface area (TPSA) is 42.5 Å². The van der Waals surface area contributed by atoms with Crippen LogP contribution in [0, 0.1) is 29.1 Å². The van der Waals surface area contributed by atoms with Gasteiger partial charge in [-0.25, -0.2) is 0 Å². The number of hydrogen-bond donors (Lipinski definition) is 2. The van der Waals surface area contributed by atoms with Gasteiger partial charge in [0, 0.05) is 66.3 Å². The lowest BCUT2D eigenvalue weighted by atomic mass is 9.49. The first-order chi connectivity index (χ1) is 22.3. The van der Waals surface area contributed by atoms with Gasteiger partial charge in [-0.3, -0.25) is 0 Å². The molecule has 0 aromatic heterocycles. The maximum absolute atomic E-state index is 7.13. The van der Waals surface area contributed by atoms with Crippen molar-refractivity contribution in [2.75, 3.05) is 19.6 Å². The number of rotatable bonds is 3. The highest BCUT2D eigenvalue weighted by molar-refractivity contribution is 5.54. The van der Waals surface area contributed by atoms with Crippen LogP contribution in [0.3, 0.4) is 0 Å². The van der Waals surface area contributed by atoms with Gasteiger partial charge in [0.15, 0.2) is 0 Å². The second-order valence-corrected chi connectivity index (χ2v) is 14.0. The van der Waals surface area contributed by atoms with Gasteiger partial charge in [0.2, 0.25) is 0 Å². The van der Waals surface area contributed by atoms with Gasteiger partial charge in [-0.2, -0.15) is 0 Å². The van der Waals surface area contributed by atoms with Gasteiger partial charge in [-0.05, 0) is 60.6 Å². The van der Waals surface area contributed by atoms with E-state index in [0.29, 0.717) is 17.8 Å². The predicted octanol–water partition coefficient (Wildman–Crippen LogP) is 7.40. The molecule has 9 aliphatic rings. The molecule has 1 fully saturated rings. The minimum Gasteiger partial charge on any atom is -0.490 e. The zero-order valence-electron chi connectivity index (χ0n) is 26.0. The van der Waals surface area contributed by atoms with E-state index in [0.717, 1.165) is 58.2 Å². The average Bonchev–Trinajstić information content (AvgIpc) is 3.12. The molecule has 0 saturated carbocycles. The van der Waals surface area contributed by atoms with Gasteiger partial charge in [-0.1, -0.05) is 97.2 Å². The third-order valence-electron chi connectivity index (χ3n) is 11.6. The summed E-state index contributed by atoms with van der Waals surface area (Å²) in [6.45, 7) is 2.94.